The standard InChI is InChI=1S/C19H29N3O/c1-13-7-14(20)5-6-16(13)21-17(23)10-22-12-19(4)9-15(22)8-18(2,3)11-19/h5-7,15H,8-12,20H2,1-4H3,(H,21,23). The topological polar surface area (TPSA) is 58.4 Å². The molecule has 1 aromatic rings. The highest BCUT2D eigenvalue weighted by Gasteiger charge is 2.49. The minimum Gasteiger partial charge on any atom is -0.399 e. The lowest BCUT2D eigenvalue weighted by Crippen LogP contribution is -2.38. The third kappa shape index (κ3) is 3.52. The van der Waals surface area contributed by atoms with Crippen LogP contribution in [0.5, 0.6) is 0 Å². The molecule has 1 aliphatic carbocycles. The maximum atomic E-state index is 12.5. The number of likely N-dealkylation sites (tertiary alicyclic amines) is 1. The summed E-state index contributed by atoms with van der Waals surface area (Å²) < 4.78 is 0. The average molecular weight is 315 g/mol. The van der Waals surface area contributed by atoms with Gasteiger partial charge in [-0.3, -0.25) is 9.69 Å². The molecule has 1 aliphatic heterocycles. The lowest BCUT2D eigenvalue weighted by molar-refractivity contribution is -0.117. The third-order valence-corrected chi connectivity index (χ3v) is 5.39. The van der Waals surface area contributed by atoms with Crippen LogP contribution in [0.3, 0.4) is 0 Å². The predicted octanol–water partition coefficient (Wildman–Crippen LogP) is 3.42. The molecule has 3 N–H and O–H groups in total. The number of nitrogen functional groups attached to an aromatic ring is 1. The zero-order valence-electron chi connectivity index (χ0n) is 14.8. The Morgan fingerprint density at radius 3 is 2.78 bits per heavy atom. The summed E-state index contributed by atoms with van der Waals surface area (Å²) in [6.45, 7) is 10.6. The average Bonchev–Trinajstić information content (AvgIpc) is 2.61. The van der Waals surface area contributed by atoms with Gasteiger partial charge in [-0.05, 0) is 60.8 Å². The van der Waals surface area contributed by atoms with Crippen molar-refractivity contribution < 1.29 is 4.79 Å². The number of hydrogen-bond acceptors (Lipinski definition) is 3. The van der Waals surface area contributed by atoms with Crippen molar-refractivity contribution in [2.75, 3.05) is 24.1 Å². The Kier molecular flexibility index (Phi) is 3.91. The number of carbonyl (C=O) groups excluding carboxylic acids is 1. The monoisotopic (exact) mass is 315 g/mol. The second kappa shape index (κ2) is 5.52. The largest absolute Gasteiger partial charge is 0.399 e. The molecule has 2 bridgehead atoms. The van der Waals surface area contributed by atoms with Crippen LogP contribution in [-0.2, 0) is 4.79 Å². The third-order valence-electron chi connectivity index (χ3n) is 5.39. The van der Waals surface area contributed by atoms with Crippen molar-refractivity contribution in [3.63, 3.8) is 0 Å². The van der Waals surface area contributed by atoms with Crippen molar-refractivity contribution in [3.05, 3.63) is 23.8 Å². The Bertz CT molecular complexity index is 625. The zero-order valence-corrected chi connectivity index (χ0v) is 14.8. The smallest absolute Gasteiger partial charge is 0.238 e. The summed E-state index contributed by atoms with van der Waals surface area (Å²) in [7, 11) is 0. The Morgan fingerprint density at radius 1 is 1.35 bits per heavy atom. The fourth-order valence-electron chi connectivity index (χ4n) is 4.96. The molecule has 0 spiro atoms. The highest BCUT2D eigenvalue weighted by molar-refractivity contribution is 5.93. The van der Waals surface area contributed by atoms with Gasteiger partial charge in [0.15, 0.2) is 0 Å². The summed E-state index contributed by atoms with van der Waals surface area (Å²) >= 11 is 0. The first-order valence-electron chi connectivity index (χ1n) is 8.56. The van der Waals surface area contributed by atoms with E-state index in [9.17, 15) is 4.79 Å². The lowest BCUT2D eigenvalue weighted by atomic mass is 9.65. The highest BCUT2D eigenvalue weighted by Crippen LogP contribution is 2.52. The molecule has 3 rings (SSSR count). The van der Waals surface area contributed by atoms with Crippen LogP contribution in [0.1, 0.15) is 45.6 Å². The highest BCUT2D eigenvalue weighted by atomic mass is 16.2. The van der Waals surface area contributed by atoms with Crippen LogP contribution in [0.15, 0.2) is 18.2 Å². The molecule has 0 aromatic heterocycles. The van der Waals surface area contributed by atoms with E-state index in [4.69, 9.17) is 5.73 Å². The maximum absolute atomic E-state index is 12.5. The number of anilines is 2. The van der Waals surface area contributed by atoms with E-state index in [0.717, 1.165) is 23.5 Å². The van der Waals surface area contributed by atoms with Crippen LogP contribution >= 0.6 is 0 Å². The van der Waals surface area contributed by atoms with Crippen LogP contribution in [0.2, 0.25) is 0 Å². The fourth-order valence-corrected chi connectivity index (χ4v) is 4.96. The van der Waals surface area contributed by atoms with E-state index < -0.39 is 0 Å². The molecular formula is C19H29N3O. The van der Waals surface area contributed by atoms with Gasteiger partial charge >= 0.3 is 0 Å². The molecular weight excluding hydrogens is 286 g/mol. The van der Waals surface area contributed by atoms with E-state index in [-0.39, 0.29) is 5.91 Å². The van der Waals surface area contributed by atoms with Crippen molar-refractivity contribution in [2.24, 2.45) is 10.8 Å². The number of benzene rings is 1. The van der Waals surface area contributed by atoms with Gasteiger partial charge in [-0.25, -0.2) is 0 Å². The molecule has 1 aromatic carbocycles. The van der Waals surface area contributed by atoms with Crippen molar-refractivity contribution in [2.45, 2.75) is 53.0 Å². The first-order chi connectivity index (χ1) is 10.7. The molecule has 23 heavy (non-hydrogen) atoms. The van der Waals surface area contributed by atoms with Crippen molar-refractivity contribution in [1.29, 1.82) is 0 Å². The van der Waals surface area contributed by atoms with Crippen LogP contribution in [0.4, 0.5) is 11.4 Å². The zero-order chi connectivity index (χ0) is 16.8. The summed E-state index contributed by atoms with van der Waals surface area (Å²) in [5.74, 6) is 0.0758. The molecule has 1 amide bonds. The van der Waals surface area contributed by atoms with E-state index >= 15 is 0 Å². The second-order valence-electron chi connectivity index (χ2n) is 8.74. The number of nitrogens with one attached hydrogen (secondary N) is 1. The van der Waals surface area contributed by atoms with Crippen LogP contribution in [0, 0.1) is 17.8 Å². The van der Waals surface area contributed by atoms with Gasteiger partial charge in [-0.2, -0.15) is 0 Å². The SMILES string of the molecule is Cc1cc(N)ccc1NC(=O)CN1CC2(C)CC1CC(C)(C)C2. The molecule has 0 radical (unpaired) electrons. The molecule has 4 heteroatoms. The van der Waals surface area contributed by atoms with Gasteiger partial charge < -0.3 is 11.1 Å². The maximum Gasteiger partial charge on any atom is 0.238 e. The van der Waals surface area contributed by atoms with Gasteiger partial charge in [0.2, 0.25) is 5.91 Å². The molecule has 2 aliphatic rings. The molecule has 1 saturated carbocycles. The number of fused-ring (bicyclic) bond motifs is 2. The summed E-state index contributed by atoms with van der Waals surface area (Å²) in [6.07, 6.45) is 3.67. The fraction of sp³-hybridized carbons (Fsp3) is 0.632. The van der Waals surface area contributed by atoms with Gasteiger partial charge in [0.05, 0.1) is 6.54 Å². The van der Waals surface area contributed by atoms with Gasteiger partial charge in [0, 0.05) is 24.0 Å². The number of aryl methyl sites for hydroxylation is 1. The normalized spacial score (nSPS) is 29.5. The van der Waals surface area contributed by atoms with E-state index in [0.29, 0.717) is 23.4 Å². The Balaban J connectivity index is 1.65. The molecule has 1 saturated heterocycles. The van der Waals surface area contributed by atoms with E-state index in [2.05, 4.69) is 31.0 Å². The number of rotatable bonds is 3. The van der Waals surface area contributed by atoms with Gasteiger partial charge in [0.1, 0.15) is 0 Å². The van der Waals surface area contributed by atoms with Crippen LogP contribution in [0.25, 0.3) is 0 Å². The van der Waals surface area contributed by atoms with Crippen LogP contribution < -0.4 is 11.1 Å². The first kappa shape index (κ1) is 16.3. The summed E-state index contributed by atoms with van der Waals surface area (Å²) in [5, 5.41) is 3.04. The van der Waals surface area contributed by atoms with Crippen LogP contribution in [-0.4, -0.2) is 29.9 Å². The van der Waals surface area contributed by atoms with Gasteiger partial charge in [-0.1, -0.05) is 20.8 Å². The molecule has 1 heterocycles. The number of hydrogen-bond donors (Lipinski definition) is 2. The second-order valence-corrected chi connectivity index (χ2v) is 8.74. The minimum atomic E-state index is 0.0758. The van der Waals surface area contributed by atoms with Crippen molar-refractivity contribution in [1.82, 2.24) is 4.90 Å². The number of nitrogens with zero attached hydrogens (tertiary/aromatic N) is 1. The lowest BCUT2D eigenvalue weighted by Gasteiger charge is -2.39. The molecule has 2 unspecified atom stereocenters. The predicted molar refractivity (Wildman–Crippen MR) is 95.3 cm³/mol. The first-order valence-corrected chi connectivity index (χ1v) is 8.56. The van der Waals surface area contributed by atoms with Crippen molar-refractivity contribution >= 4 is 17.3 Å². The van der Waals surface area contributed by atoms with Gasteiger partial charge in [-0.15, -0.1) is 0 Å². The molecule has 2 fully saturated rings. The molecule has 4 nitrogen and oxygen atoms in total. The number of carbonyl (C=O) groups is 1. The Labute approximate surface area is 139 Å². The van der Waals surface area contributed by atoms with E-state index in [1.807, 2.05) is 25.1 Å². The van der Waals surface area contributed by atoms with Gasteiger partial charge in [0.25, 0.3) is 0 Å². The minimum absolute atomic E-state index is 0.0758. The van der Waals surface area contributed by atoms with E-state index in [1.165, 1.54) is 19.3 Å². The summed E-state index contributed by atoms with van der Waals surface area (Å²) in [4.78, 5) is 14.9. The Hall–Kier alpha value is -1.55. The van der Waals surface area contributed by atoms with Crippen molar-refractivity contribution in [3.8, 4) is 0 Å². The quantitative estimate of drug-likeness (QED) is 0.840. The number of nitrogens with two attached hydrogens (primary N) is 1. The summed E-state index contributed by atoms with van der Waals surface area (Å²) in [6, 6.07) is 6.15. The summed E-state index contributed by atoms with van der Waals surface area (Å²) in [5.41, 5.74) is 9.11. The molecule has 126 valence electrons. The Morgan fingerprint density at radius 2 is 2.09 bits per heavy atom. The van der Waals surface area contributed by atoms with E-state index in [1.54, 1.807) is 0 Å². The number of amides is 1. The molecule has 2 atom stereocenters.